The standard InChI is InChI=1S/C27H44/c1-3-5-23-10-12-25(13-11-23)16-17-27-20-18-26(19-21-27)15-14-24-8-6-22(4-2)7-9-24/h18-25H,3-17H2,1-2H3/t22-,23-,24-,25-. The topological polar surface area (TPSA) is 0 Å². The monoisotopic (exact) mass is 368 g/mol. The molecule has 0 heterocycles. The quantitative estimate of drug-likeness (QED) is 0.410. The van der Waals surface area contributed by atoms with Crippen molar-refractivity contribution >= 4 is 0 Å². The van der Waals surface area contributed by atoms with Gasteiger partial charge in [-0.2, -0.15) is 0 Å². The van der Waals surface area contributed by atoms with E-state index in [2.05, 4.69) is 38.1 Å². The zero-order chi connectivity index (χ0) is 18.9. The van der Waals surface area contributed by atoms with Crippen LogP contribution >= 0.6 is 0 Å². The Morgan fingerprint density at radius 1 is 0.556 bits per heavy atom. The summed E-state index contributed by atoms with van der Waals surface area (Å²) < 4.78 is 0. The molecule has 2 fully saturated rings. The second-order valence-corrected chi connectivity index (χ2v) is 9.86. The van der Waals surface area contributed by atoms with E-state index in [1.165, 1.54) is 96.3 Å². The van der Waals surface area contributed by atoms with Gasteiger partial charge in [-0.05, 0) is 60.5 Å². The second-order valence-electron chi connectivity index (χ2n) is 9.86. The van der Waals surface area contributed by atoms with Crippen LogP contribution in [0.1, 0.15) is 108 Å². The van der Waals surface area contributed by atoms with Crippen molar-refractivity contribution in [2.24, 2.45) is 23.7 Å². The molecule has 0 N–H and O–H groups in total. The highest BCUT2D eigenvalue weighted by atomic mass is 14.3. The van der Waals surface area contributed by atoms with Gasteiger partial charge in [-0.15, -0.1) is 0 Å². The van der Waals surface area contributed by atoms with E-state index in [0.29, 0.717) is 0 Å². The van der Waals surface area contributed by atoms with Gasteiger partial charge < -0.3 is 0 Å². The minimum atomic E-state index is 0.996. The lowest BCUT2D eigenvalue weighted by molar-refractivity contribution is 0.252. The predicted molar refractivity (Wildman–Crippen MR) is 119 cm³/mol. The summed E-state index contributed by atoms with van der Waals surface area (Å²) in [7, 11) is 0. The van der Waals surface area contributed by atoms with Gasteiger partial charge in [0.25, 0.3) is 0 Å². The summed E-state index contributed by atoms with van der Waals surface area (Å²) in [5, 5.41) is 0. The SMILES string of the molecule is CCC[C@H]1CC[C@H](CCc2ccc(CC[C@H]3CC[C@H](CC)CC3)cc2)CC1. The summed E-state index contributed by atoms with van der Waals surface area (Å²) in [6, 6.07) is 9.69. The molecule has 2 aliphatic carbocycles. The van der Waals surface area contributed by atoms with Crippen molar-refractivity contribution in [2.45, 2.75) is 110 Å². The third-order valence-corrected chi connectivity index (χ3v) is 7.91. The Balaban J connectivity index is 1.33. The predicted octanol–water partition coefficient (Wildman–Crippen LogP) is 8.37. The summed E-state index contributed by atoms with van der Waals surface area (Å²) >= 11 is 0. The number of hydrogen-bond acceptors (Lipinski definition) is 0. The largest absolute Gasteiger partial charge is 0.0654 e. The molecule has 0 aromatic heterocycles. The molecule has 0 bridgehead atoms. The summed E-state index contributed by atoms with van der Waals surface area (Å²) in [6.45, 7) is 4.70. The third kappa shape index (κ3) is 6.95. The van der Waals surface area contributed by atoms with Gasteiger partial charge in [0.15, 0.2) is 0 Å². The van der Waals surface area contributed by atoms with Crippen molar-refractivity contribution in [3.8, 4) is 0 Å². The highest BCUT2D eigenvalue weighted by Crippen LogP contribution is 2.34. The molecule has 0 nitrogen and oxygen atoms in total. The van der Waals surface area contributed by atoms with E-state index >= 15 is 0 Å². The third-order valence-electron chi connectivity index (χ3n) is 7.91. The van der Waals surface area contributed by atoms with Crippen LogP contribution in [0.2, 0.25) is 0 Å². The van der Waals surface area contributed by atoms with E-state index in [4.69, 9.17) is 0 Å². The van der Waals surface area contributed by atoms with Crippen LogP contribution in [0, 0.1) is 23.7 Å². The maximum Gasteiger partial charge on any atom is -0.0276 e. The van der Waals surface area contributed by atoms with Gasteiger partial charge in [-0.25, -0.2) is 0 Å². The smallest absolute Gasteiger partial charge is 0.0276 e. The van der Waals surface area contributed by atoms with Crippen LogP contribution < -0.4 is 0 Å². The van der Waals surface area contributed by atoms with Gasteiger partial charge in [0.1, 0.15) is 0 Å². The van der Waals surface area contributed by atoms with Gasteiger partial charge in [-0.3, -0.25) is 0 Å². The van der Waals surface area contributed by atoms with Gasteiger partial charge in [0.05, 0.1) is 0 Å². The fourth-order valence-electron chi connectivity index (χ4n) is 5.76. The minimum absolute atomic E-state index is 0.996. The highest BCUT2D eigenvalue weighted by molar-refractivity contribution is 5.22. The molecule has 152 valence electrons. The van der Waals surface area contributed by atoms with Crippen LogP contribution in [0.25, 0.3) is 0 Å². The number of hydrogen-bond donors (Lipinski definition) is 0. The van der Waals surface area contributed by atoms with Crippen LogP contribution in [0.4, 0.5) is 0 Å². The van der Waals surface area contributed by atoms with Crippen molar-refractivity contribution in [3.05, 3.63) is 35.4 Å². The Kier molecular flexibility index (Phi) is 8.75. The van der Waals surface area contributed by atoms with Crippen LogP contribution in [0.15, 0.2) is 24.3 Å². The molecule has 0 aliphatic heterocycles. The maximum atomic E-state index is 2.42. The zero-order valence-corrected chi connectivity index (χ0v) is 18.2. The number of aryl methyl sites for hydroxylation is 2. The molecule has 0 atom stereocenters. The van der Waals surface area contributed by atoms with E-state index in [9.17, 15) is 0 Å². The molecule has 2 saturated carbocycles. The Hall–Kier alpha value is -0.780. The van der Waals surface area contributed by atoms with Crippen LogP contribution in [0.3, 0.4) is 0 Å². The molecule has 0 saturated heterocycles. The van der Waals surface area contributed by atoms with Crippen molar-refractivity contribution in [1.82, 2.24) is 0 Å². The van der Waals surface area contributed by atoms with Crippen molar-refractivity contribution in [3.63, 3.8) is 0 Å². The molecular formula is C27H44. The Morgan fingerprint density at radius 3 is 1.30 bits per heavy atom. The van der Waals surface area contributed by atoms with Crippen LogP contribution in [-0.2, 0) is 12.8 Å². The number of benzene rings is 1. The molecule has 2 aliphatic rings. The molecule has 0 radical (unpaired) electrons. The first-order chi connectivity index (χ1) is 13.3. The molecule has 3 rings (SSSR count). The van der Waals surface area contributed by atoms with E-state index in [0.717, 1.165) is 23.7 Å². The van der Waals surface area contributed by atoms with E-state index in [1.54, 1.807) is 11.1 Å². The molecule has 0 spiro atoms. The van der Waals surface area contributed by atoms with Crippen molar-refractivity contribution in [2.75, 3.05) is 0 Å². The summed E-state index contributed by atoms with van der Waals surface area (Å²) in [4.78, 5) is 0. The second kappa shape index (κ2) is 11.3. The lowest BCUT2D eigenvalue weighted by Gasteiger charge is -2.28. The van der Waals surface area contributed by atoms with E-state index in [-0.39, 0.29) is 0 Å². The molecular weight excluding hydrogens is 324 g/mol. The van der Waals surface area contributed by atoms with Gasteiger partial charge in [-0.1, -0.05) is 109 Å². The fraction of sp³-hybridized carbons (Fsp3) is 0.778. The average Bonchev–Trinajstić information content (AvgIpc) is 2.73. The van der Waals surface area contributed by atoms with Crippen molar-refractivity contribution < 1.29 is 0 Å². The van der Waals surface area contributed by atoms with Crippen LogP contribution in [-0.4, -0.2) is 0 Å². The first kappa shape index (κ1) is 20.9. The minimum Gasteiger partial charge on any atom is -0.0654 e. The van der Waals surface area contributed by atoms with Gasteiger partial charge >= 0.3 is 0 Å². The first-order valence-corrected chi connectivity index (χ1v) is 12.3. The first-order valence-electron chi connectivity index (χ1n) is 12.3. The van der Waals surface area contributed by atoms with Crippen molar-refractivity contribution in [1.29, 1.82) is 0 Å². The molecule has 0 heteroatoms. The van der Waals surface area contributed by atoms with E-state index in [1.807, 2.05) is 0 Å². The summed E-state index contributed by atoms with van der Waals surface area (Å²) in [5.74, 6) is 4.07. The zero-order valence-electron chi connectivity index (χ0n) is 18.2. The molecule has 1 aromatic rings. The average molecular weight is 369 g/mol. The lowest BCUT2D eigenvalue weighted by atomic mass is 9.78. The Morgan fingerprint density at radius 2 is 0.926 bits per heavy atom. The molecule has 0 amide bonds. The molecule has 1 aromatic carbocycles. The normalized spacial score (nSPS) is 29.0. The maximum absolute atomic E-state index is 2.42. The fourth-order valence-corrected chi connectivity index (χ4v) is 5.76. The lowest BCUT2D eigenvalue weighted by Crippen LogP contribution is -2.15. The van der Waals surface area contributed by atoms with Gasteiger partial charge in [0, 0.05) is 0 Å². The highest BCUT2D eigenvalue weighted by Gasteiger charge is 2.21. The van der Waals surface area contributed by atoms with E-state index < -0.39 is 0 Å². The number of rotatable bonds is 9. The van der Waals surface area contributed by atoms with Crippen LogP contribution in [0.5, 0.6) is 0 Å². The molecule has 0 unspecified atom stereocenters. The Labute approximate surface area is 169 Å². The summed E-state index contributed by atoms with van der Waals surface area (Å²) in [5.41, 5.74) is 3.13. The Bertz CT molecular complexity index is 497. The summed E-state index contributed by atoms with van der Waals surface area (Å²) in [6.07, 6.45) is 21.6. The molecule has 27 heavy (non-hydrogen) atoms. The van der Waals surface area contributed by atoms with Gasteiger partial charge in [0.2, 0.25) is 0 Å².